The second kappa shape index (κ2) is 9.40. The maximum atomic E-state index is 13.6. The van der Waals surface area contributed by atoms with Crippen molar-refractivity contribution in [1.29, 1.82) is 0 Å². The number of hydrogen-bond acceptors (Lipinski definition) is 7. The highest BCUT2D eigenvalue weighted by Crippen LogP contribution is 2.32. The molecule has 0 radical (unpaired) electrons. The number of nitrogens with zero attached hydrogens (tertiary/aromatic N) is 6. The number of amidine groups is 1. The van der Waals surface area contributed by atoms with Gasteiger partial charge in [0.2, 0.25) is 5.88 Å². The Labute approximate surface area is 181 Å². The van der Waals surface area contributed by atoms with E-state index in [1.807, 2.05) is 17.0 Å². The molecule has 31 heavy (non-hydrogen) atoms. The molecule has 0 aliphatic carbocycles. The molecule has 0 saturated carbocycles. The number of methoxy groups -OCH3 is 1. The lowest BCUT2D eigenvalue weighted by atomic mass is 9.97. The van der Waals surface area contributed by atoms with Crippen molar-refractivity contribution in [2.24, 2.45) is 15.9 Å². The Hall–Kier alpha value is -3.04. The molecule has 0 atom stereocenters. The molecule has 0 unspecified atom stereocenters. The first kappa shape index (κ1) is 21.2. The number of aryl methyl sites for hydroxylation is 1. The third kappa shape index (κ3) is 4.52. The fourth-order valence-corrected chi connectivity index (χ4v) is 4.28. The van der Waals surface area contributed by atoms with Crippen LogP contribution in [0.1, 0.15) is 12.0 Å². The van der Waals surface area contributed by atoms with Crippen LogP contribution in [0.3, 0.4) is 0 Å². The third-order valence-electron chi connectivity index (χ3n) is 5.84. The Balaban J connectivity index is 1.46. The molecular formula is C22H28FN7O. The van der Waals surface area contributed by atoms with Crippen LogP contribution in [0.2, 0.25) is 0 Å². The minimum absolute atomic E-state index is 0.163. The van der Waals surface area contributed by atoms with Gasteiger partial charge in [0, 0.05) is 38.1 Å². The molecule has 2 aromatic rings. The van der Waals surface area contributed by atoms with E-state index in [1.165, 1.54) is 0 Å². The van der Waals surface area contributed by atoms with Crippen LogP contribution in [0.15, 0.2) is 46.7 Å². The average molecular weight is 426 g/mol. The molecule has 1 aromatic heterocycles. The number of nitrogens with two attached hydrogens (primary N) is 1. The van der Waals surface area contributed by atoms with Gasteiger partial charge in [-0.2, -0.15) is 5.10 Å². The van der Waals surface area contributed by atoms with Gasteiger partial charge in [0.05, 0.1) is 38.2 Å². The number of anilines is 2. The van der Waals surface area contributed by atoms with E-state index < -0.39 is 0 Å². The van der Waals surface area contributed by atoms with Crippen molar-refractivity contribution in [2.45, 2.75) is 18.9 Å². The SMILES string of the molecule is C=N/N=C(/CN)N(CN1CC(N2CCCc3cc(F)ccc32)C1)c1ccc(OC)nc1. The summed E-state index contributed by atoms with van der Waals surface area (Å²) in [6, 6.07) is 9.27. The molecule has 4 rings (SSSR count). The lowest BCUT2D eigenvalue weighted by Crippen LogP contribution is -2.63. The number of hydrogen-bond donors (Lipinski definition) is 1. The van der Waals surface area contributed by atoms with Crippen LogP contribution in [0, 0.1) is 5.82 Å². The second-order valence-corrected chi connectivity index (χ2v) is 7.75. The van der Waals surface area contributed by atoms with Gasteiger partial charge in [-0.1, -0.05) is 0 Å². The van der Waals surface area contributed by atoms with E-state index in [4.69, 9.17) is 10.5 Å². The van der Waals surface area contributed by atoms with E-state index in [0.29, 0.717) is 24.4 Å². The van der Waals surface area contributed by atoms with Crippen LogP contribution in [0.5, 0.6) is 5.88 Å². The van der Waals surface area contributed by atoms with Gasteiger partial charge in [-0.05, 0) is 42.7 Å². The minimum atomic E-state index is -0.163. The van der Waals surface area contributed by atoms with Crippen molar-refractivity contribution in [3.63, 3.8) is 0 Å². The zero-order valence-electron chi connectivity index (χ0n) is 17.7. The summed E-state index contributed by atoms with van der Waals surface area (Å²) in [5, 5.41) is 7.79. The number of benzene rings is 1. The molecule has 9 heteroatoms. The second-order valence-electron chi connectivity index (χ2n) is 7.75. The van der Waals surface area contributed by atoms with Crippen LogP contribution in [-0.2, 0) is 6.42 Å². The van der Waals surface area contributed by atoms with Crippen LogP contribution in [-0.4, -0.2) is 68.4 Å². The van der Waals surface area contributed by atoms with E-state index >= 15 is 0 Å². The van der Waals surface area contributed by atoms with Gasteiger partial charge >= 0.3 is 0 Å². The summed E-state index contributed by atoms with van der Waals surface area (Å²) in [5.41, 5.74) is 9.06. The summed E-state index contributed by atoms with van der Waals surface area (Å²) in [7, 11) is 1.58. The summed E-state index contributed by atoms with van der Waals surface area (Å²) in [6.45, 7) is 7.10. The molecular weight excluding hydrogens is 397 g/mol. The Morgan fingerprint density at radius 2 is 2.19 bits per heavy atom. The number of halogens is 1. The first-order valence-corrected chi connectivity index (χ1v) is 10.4. The Morgan fingerprint density at radius 3 is 2.87 bits per heavy atom. The zero-order valence-corrected chi connectivity index (χ0v) is 17.7. The van der Waals surface area contributed by atoms with Gasteiger partial charge in [0.25, 0.3) is 0 Å². The predicted molar refractivity (Wildman–Crippen MR) is 122 cm³/mol. The van der Waals surface area contributed by atoms with Crippen LogP contribution < -0.4 is 20.3 Å². The van der Waals surface area contributed by atoms with Crippen molar-refractivity contribution in [3.8, 4) is 5.88 Å². The largest absolute Gasteiger partial charge is 0.481 e. The summed E-state index contributed by atoms with van der Waals surface area (Å²) < 4.78 is 18.8. The lowest BCUT2D eigenvalue weighted by molar-refractivity contribution is 0.148. The average Bonchev–Trinajstić information content (AvgIpc) is 2.77. The van der Waals surface area contributed by atoms with Crippen molar-refractivity contribution in [1.82, 2.24) is 9.88 Å². The summed E-state index contributed by atoms with van der Waals surface area (Å²) >= 11 is 0. The molecule has 1 aromatic carbocycles. The Morgan fingerprint density at radius 1 is 1.35 bits per heavy atom. The number of aromatic nitrogens is 1. The van der Waals surface area contributed by atoms with Gasteiger partial charge in [-0.25, -0.2) is 9.37 Å². The molecule has 3 heterocycles. The van der Waals surface area contributed by atoms with Crippen molar-refractivity contribution >= 4 is 23.9 Å². The zero-order chi connectivity index (χ0) is 21.8. The molecule has 8 nitrogen and oxygen atoms in total. The predicted octanol–water partition coefficient (Wildman–Crippen LogP) is 2.10. The van der Waals surface area contributed by atoms with Gasteiger partial charge in [0.1, 0.15) is 11.7 Å². The van der Waals surface area contributed by atoms with E-state index in [1.54, 1.807) is 31.5 Å². The molecule has 164 valence electrons. The van der Waals surface area contributed by atoms with Crippen LogP contribution in [0.25, 0.3) is 0 Å². The number of likely N-dealkylation sites (tertiary alicyclic amines) is 1. The molecule has 1 fully saturated rings. The first-order valence-electron chi connectivity index (χ1n) is 10.4. The molecule has 2 N–H and O–H groups in total. The van der Waals surface area contributed by atoms with E-state index in [0.717, 1.165) is 49.4 Å². The fraction of sp³-hybridized carbons (Fsp3) is 0.409. The van der Waals surface area contributed by atoms with Crippen LogP contribution >= 0.6 is 0 Å². The van der Waals surface area contributed by atoms with E-state index in [2.05, 4.69) is 31.7 Å². The Bertz CT molecular complexity index is 943. The van der Waals surface area contributed by atoms with Gasteiger partial charge in [-0.15, -0.1) is 5.10 Å². The molecule has 0 amide bonds. The minimum Gasteiger partial charge on any atom is -0.481 e. The molecule has 2 aliphatic rings. The molecule has 1 saturated heterocycles. The van der Waals surface area contributed by atoms with Crippen molar-refractivity contribution in [2.75, 3.05) is 49.8 Å². The highest BCUT2D eigenvalue weighted by atomic mass is 19.1. The van der Waals surface area contributed by atoms with Crippen molar-refractivity contribution < 1.29 is 9.13 Å². The van der Waals surface area contributed by atoms with Crippen molar-refractivity contribution in [3.05, 3.63) is 47.9 Å². The van der Waals surface area contributed by atoms with Gasteiger partial charge < -0.3 is 20.3 Å². The quantitative estimate of drug-likeness (QED) is 0.416. The maximum Gasteiger partial charge on any atom is 0.213 e. The molecule has 2 aliphatic heterocycles. The maximum absolute atomic E-state index is 13.6. The summed E-state index contributed by atoms with van der Waals surface area (Å²) in [4.78, 5) is 11.0. The normalized spacial score (nSPS) is 17.1. The highest BCUT2D eigenvalue weighted by molar-refractivity contribution is 5.99. The van der Waals surface area contributed by atoms with Gasteiger partial charge in [-0.3, -0.25) is 4.90 Å². The van der Waals surface area contributed by atoms with E-state index in [-0.39, 0.29) is 12.4 Å². The third-order valence-corrected chi connectivity index (χ3v) is 5.84. The summed E-state index contributed by atoms with van der Waals surface area (Å²) in [5.74, 6) is 0.995. The molecule has 0 bridgehead atoms. The Kier molecular flexibility index (Phi) is 6.43. The number of ether oxygens (including phenoxy) is 1. The van der Waals surface area contributed by atoms with E-state index in [9.17, 15) is 4.39 Å². The monoisotopic (exact) mass is 425 g/mol. The number of fused-ring (bicyclic) bond motifs is 1. The highest BCUT2D eigenvalue weighted by Gasteiger charge is 2.35. The van der Waals surface area contributed by atoms with Crippen LogP contribution in [0.4, 0.5) is 15.8 Å². The number of rotatable bonds is 7. The topological polar surface area (TPSA) is 82.6 Å². The first-order chi connectivity index (χ1) is 15.1. The lowest BCUT2D eigenvalue weighted by Gasteiger charge is -2.49. The number of pyridine rings is 1. The smallest absolute Gasteiger partial charge is 0.213 e. The summed E-state index contributed by atoms with van der Waals surface area (Å²) in [6.07, 6.45) is 3.72. The molecule has 0 spiro atoms. The van der Waals surface area contributed by atoms with Gasteiger partial charge in [0.15, 0.2) is 0 Å². The standard InChI is InChI=1S/C22H28FN7O/c1-25-27-21(11-24)30(18-6-8-22(31-2)26-12-18)15-28-13-19(14-28)29-9-3-4-16-10-17(23)5-7-20(16)29/h5-8,10,12,19H,1,3-4,9,11,13-15,24H2,2H3/b27-21-. The fourth-order valence-electron chi connectivity index (χ4n) is 4.28.